The Hall–Kier alpha value is -1.33. The molecule has 1 N–H and O–H groups in total. The zero-order valence-electron chi connectivity index (χ0n) is 15.1. The zero-order chi connectivity index (χ0) is 18.5. The molecule has 1 aromatic carbocycles. The summed E-state index contributed by atoms with van der Waals surface area (Å²) in [5.41, 5.74) is -0.415. The van der Waals surface area contributed by atoms with Crippen molar-refractivity contribution in [1.82, 2.24) is 0 Å². The number of ether oxygens (including phenoxy) is 2. The summed E-state index contributed by atoms with van der Waals surface area (Å²) in [6.45, 7) is 7.62. The van der Waals surface area contributed by atoms with E-state index in [-0.39, 0.29) is 55.0 Å². The number of carbonyl (C=O) groups excluding carboxylic acids is 2. The zero-order valence-corrected chi connectivity index (χ0v) is 15.9. The molecular formula is C16H22LiO7S. The first-order valence-corrected chi connectivity index (χ1v) is 8.92. The Morgan fingerprint density at radius 3 is 1.92 bits per heavy atom. The van der Waals surface area contributed by atoms with Crippen molar-refractivity contribution in [3.05, 3.63) is 29.3 Å². The fraction of sp³-hybridized carbons (Fsp3) is 0.500. The van der Waals surface area contributed by atoms with Crippen molar-refractivity contribution in [3.63, 3.8) is 0 Å². The van der Waals surface area contributed by atoms with Gasteiger partial charge < -0.3 is 9.47 Å². The fourth-order valence-corrected chi connectivity index (χ4v) is 2.38. The summed E-state index contributed by atoms with van der Waals surface area (Å²) in [4.78, 5) is 23.2. The third-order valence-electron chi connectivity index (χ3n) is 2.81. The second-order valence-corrected chi connectivity index (χ2v) is 7.56. The Morgan fingerprint density at radius 2 is 1.48 bits per heavy atom. The van der Waals surface area contributed by atoms with E-state index in [1.165, 1.54) is 6.07 Å². The van der Waals surface area contributed by atoms with Crippen LogP contribution in [-0.4, -0.2) is 57.0 Å². The van der Waals surface area contributed by atoms with Crippen LogP contribution in [0.25, 0.3) is 0 Å². The molecule has 7 nitrogen and oxygen atoms in total. The van der Waals surface area contributed by atoms with E-state index in [2.05, 4.69) is 0 Å². The van der Waals surface area contributed by atoms with Crippen molar-refractivity contribution >= 4 is 40.9 Å². The summed E-state index contributed by atoms with van der Waals surface area (Å²) >= 11 is 0. The SMILES string of the molecule is CC(C)COC(=O)c1ccc(C(=O)OCC(C)C)c(S(=O)(=O)O)c1.[Li]. The van der Waals surface area contributed by atoms with Gasteiger partial charge in [-0.1, -0.05) is 27.7 Å². The normalized spacial score (nSPS) is 11.2. The molecule has 0 fully saturated rings. The van der Waals surface area contributed by atoms with Gasteiger partial charge in [0.25, 0.3) is 10.1 Å². The molecule has 0 aromatic heterocycles. The van der Waals surface area contributed by atoms with E-state index in [1.54, 1.807) is 0 Å². The van der Waals surface area contributed by atoms with Gasteiger partial charge in [0.05, 0.1) is 24.3 Å². The van der Waals surface area contributed by atoms with Crippen molar-refractivity contribution in [1.29, 1.82) is 0 Å². The maximum atomic E-state index is 12.0. The van der Waals surface area contributed by atoms with Crippen LogP contribution in [0.15, 0.2) is 23.1 Å². The van der Waals surface area contributed by atoms with Crippen LogP contribution in [0.1, 0.15) is 48.4 Å². The molecular weight excluding hydrogens is 343 g/mol. The van der Waals surface area contributed by atoms with Gasteiger partial charge in [-0.25, -0.2) is 9.59 Å². The molecule has 135 valence electrons. The molecule has 0 aliphatic carbocycles. The summed E-state index contributed by atoms with van der Waals surface area (Å²) in [6.07, 6.45) is 0. The molecule has 0 aliphatic rings. The van der Waals surface area contributed by atoms with Crippen molar-refractivity contribution in [3.8, 4) is 0 Å². The number of rotatable bonds is 7. The van der Waals surface area contributed by atoms with Crippen LogP contribution in [-0.2, 0) is 19.6 Å². The quantitative estimate of drug-likeness (QED) is 0.448. The van der Waals surface area contributed by atoms with Crippen LogP contribution in [0.5, 0.6) is 0 Å². The predicted molar refractivity (Wildman–Crippen MR) is 92.3 cm³/mol. The van der Waals surface area contributed by atoms with Crippen molar-refractivity contribution < 1.29 is 32.0 Å². The van der Waals surface area contributed by atoms with Gasteiger partial charge in [-0.15, -0.1) is 0 Å². The molecule has 0 bridgehead atoms. The Kier molecular flexibility index (Phi) is 9.44. The molecule has 0 amide bonds. The van der Waals surface area contributed by atoms with E-state index in [4.69, 9.17) is 9.47 Å². The minimum absolute atomic E-state index is 0. The van der Waals surface area contributed by atoms with Gasteiger partial charge in [-0.2, -0.15) is 8.42 Å². The molecule has 1 rings (SSSR count). The Bertz CT molecular complexity index is 711. The monoisotopic (exact) mass is 365 g/mol. The van der Waals surface area contributed by atoms with Crippen molar-refractivity contribution in [2.75, 3.05) is 13.2 Å². The van der Waals surface area contributed by atoms with Crippen LogP contribution in [0, 0.1) is 11.8 Å². The number of esters is 2. The predicted octanol–water partition coefficient (Wildman–Crippen LogP) is 2.18. The molecule has 0 unspecified atom stereocenters. The van der Waals surface area contributed by atoms with Crippen molar-refractivity contribution in [2.24, 2.45) is 11.8 Å². The van der Waals surface area contributed by atoms with E-state index in [9.17, 15) is 22.6 Å². The van der Waals surface area contributed by atoms with Crippen LogP contribution in [0.2, 0.25) is 0 Å². The molecule has 0 spiro atoms. The third kappa shape index (κ3) is 7.61. The van der Waals surface area contributed by atoms with Crippen molar-refractivity contribution in [2.45, 2.75) is 32.6 Å². The average molecular weight is 365 g/mol. The average Bonchev–Trinajstić information content (AvgIpc) is 2.48. The second-order valence-electron chi connectivity index (χ2n) is 6.17. The van der Waals surface area contributed by atoms with E-state index in [0.717, 1.165) is 12.1 Å². The summed E-state index contributed by atoms with van der Waals surface area (Å²) < 4.78 is 42.4. The Balaban J connectivity index is 0.00000576. The number of hydrogen-bond donors (Lipinski definition) is 1. The molecule has 0 saturated heterocycles. The van der Waals surface area contributed by atoms with Gasteiger partial charge in [-0.05, 0) is 30.0 Å². The van der Waals surface area contributed by atoms with Gasteiger partial charge in [0, 0.05) is 18.9 Å². The van der Waals surface area contributed by atoms with Crippen LogP contribution in [0.4, 0.5) is 0 Å². The maximum absolute atomic E-state index is 12.0. The smallest absolute Gasteiger partial charge is 0.339 e. The van der Waals surface area contributed by atoms with Gasteiger partial charge in [-0.3, -0.25) is 4.55 Å². The summed E-state index contributed by atoms with van der Waals surface area (Å²) in [6, 6.07) is 3.28. The van der Waals surface area contributed by atoms with Crippen LogP contribution >= 0.6 is 0 Å². The van der Waals surface area contributed by atoms with Gasteiger partial charge >= 0.3 is 11.9 Å². The first kappa shape index (κ1) is 23.7. The van der Waals surface area contributed by atoms with Gasteiger partial charge in [0.15, 0.2) is 0 Å². The van der Waals surface area contributed by atoms with Gasteiger partial charge in [0.2, 0.25) is 0 Å². The largest absolute Gasteiger partial charge is 0.462 e. The summed E-state index contributed by atoms with van der Waals surface area (Å²) in [5, 5.41) is 0. The van der Waals surface area contributed by atoms with Crippen LogP contribution < -0.4 is 0 Å². The number of hydrogen-bond acceptors (Lipinski definition) is 6. The summed E-state index contributed by atoms with van der Waals surface area (Å²) in [5.74, 6) is -1.46. The molecule has 0 heterocycles. The molecule has 0 aliphatic heterocycles. The number of benzene rings is 1. The van der Waals surface area contributed by atoms with E-state index < -0.39 is 27.0 Å². The Labute approximate surface area is 160 Å². The van der Waals surface area contributed by atoms with Gasteiger partial charge in [0.1, 0.15) is 4.90 Å². The standard InChI is InChI=1S/C16H22O7S.Li/c1-10(2)8-22-15(17)12-5-6-13(14(7-12)24(19,20)21)16(18)23-9-11(3)4;/h5-7,10-11H,8-9H2,1-4H3,(H,19,20,21);. The Morgan fingerprint density at radius 1 is 1.00 bits per heavy atom. The second kappa shape index (κ2) is 9.97. The molecule has 9 heteroatoms. The van der Waals surface area contributed by atoms with Crippen LogP contribution in [0.3, 0.4) is 0 Å². The molecule has 0 saturated carbocycles. The molecule has 1 radical (unpaired) electrons. The van der Waals surface area contributed by atoms with E-state index in [1.807, 2.05) is 27.7 Å². The topological polar surface area (TPSA) is 107 Å². The fourth-order valence-electron chi connectivity index (χ4n) is 1.68. The minimum Gasteiger partial charge on any atom is -0.462 e. The number of carbonyl (C=O) groups is 2. The first-order chi connectivity index (χ1) is 11.0. The maximum Gasteiger partial charge on any atom is 0.339 e. The van der Waals surface area contributed by atoms with E-state index in [0.29, 0.717) is 0 Å². The molecule has 0 atom stereocenters. The minimum atomic E-state index is -4.71. The third-order valence-corrected chi connectivity index (χ3v) is 3.70. The van der Waals surface area contributed by atoms with E-state index >= 15 is 0 Å². The first-order valence-electron chi connectivity index (χ1n) is 7.48. The summed E-state index contributed by atoms with van der Waals surface area (Å²) in [7, 11) is -4.71. The molecule has 25 heavy (non-hydrogen) atoms. The molecule has 1 aromatic rings.